The summed E-state index contributed by atoms with van der Waals surface area (Å²) in [7, 11) is 0. The standard InChI is InChI=1S/C16H15Cl2NO3/c17-10-15(11-21-14-8-4-5-12(18)9-14)22-16(20)19-13-6-2-1-3-7-13/h1-9,15H,10-11H2,(H,19,20). The minimum absolute atomic E-state index is 0.128. The summed E-state index contributed by atoms with van der Waals surface area (Å²) in [4.78, 5) is 11.8. The lowest BCUT2D eigenvalue weighted by atomic mass is 10.3. The normalized spacial score (nSPS) is 11.5. The van der Waals surface area contributed by atoms with Crippen molar-refractivity contribution in [3.63, 3.8) is 0 Å². The van der Waals surface area contributed by atoms with Crippen LogP contribution in [0, 0.1) is 0 Å². The Morgan fingerprint density at radius 3 is 2.59 bits per heavy atom. The van der Waals surface area contributed by atoms with Crippen molar-refractivity contribution in [3.05, 3.63) is 59.6 Å². The summed E-state index contributed by atoms with van der Waals surface area (Å²) in [5.41, 5.74) is 0.650. The summed E-state index contributed by atoms with van der Waals surface area (Å²) in [6.07, 6.45) is -1.14. The van der Waals surface area contributed by atoms with Crippen molar-refractivity contribution in [3.8, 4) is 5.75 Å². The monoisotopic (exact) mass is 339 g/mol. The largest absolute Gasteiger partial charge is 0.490 e. The fourth-order valence-electron chi connectivity index (χ4n) is 1.68. The molecule has 0 aliphatic heterocycles. The number of carbonyl (C=O) groups is 1. The number of para-hydroxylation sites is 1. The number of nitrogens with one attached hydrogen (secondary N) is 1. The van der Waals surface area contributed by atoms with Gasteiger partial charge in [0, 0.05) is 10.7 Å². The van der Waals surface area contributed by atoms with Crippen LogP contribution >= 0.6 is 23.2 Å². The third-order valence-corrected chi connectivity index (χ3v) is 3.28. The van der Waals surface area contributed by atoms with Crippen molar-refractivity contribution in [1.29, 1.82) is 0 Å². The van der Waals surface area contributed by atoms with Crippen LogP contribution in [0.3, 0.4) is 0 Å². The van der Waals surface area contributed by atoms with Crippen molar-refractivity contribution < 1.29 is 14.3 Å². The minimum Gasteiger partial charge on any atom is -0.490 e. The van der Waals surface area contributed by atoms with Gasteiger partial charge in [0.1, 0.15) is 12.4 Å². The molecule has 0 saturated carbocycles. The highest BCUT2D eigenvalue weighted by molar-refractivity contribution is 6.30. The molecule has 4 nitrogen and oxygen atoms in total. The number of amides is 1. The molecule has 0 radical (unpaired) electrons. The quantitative estimate of drug-likeness (QED) is 0.784. The number of rotatable bonds is 6. The molecule has 0 spiro atoms. The van der Waals surface area contributed by atoms with Crippen LogP contribution in [0.2, 0.25) is 5.02 Å². The summed E-state index contributed by atoms with van der Waals surface area (Å²) in [5.74, 6) is 0.720. The van der Waals surface area contributed by atoms with Gasteiger partial charge in [0.2, 0.25) is 0 Å². The van der Waals surface area contributed by atoms with Crippen LogP contribution in [0.4, 0.5) is 10.5 Å². The summed E-state index contributed by atoms with van der Waals surface area (Å²) in [6.45, 7) is 0.145. The highest BCUT2D eigenvalue weighted by Crippen LogP contribution is 2.17. The van der Waals surface area contributed by atoms with Gasteiger partial charge in [-0.2, -0.15) is 0 Å². The van der Waals surface area contributed by atoms with Gasteiger partial charge in [0.05, 0.1) is 5.88 Å². The Morgan fingerprint density at radius 1 is 1.14 bits per heavy atom. The van der Waals surface area contributed by atoms with E-state index in [1.54, 1.807) is 36.4 Å². The number of anilines is 1. The molecule has 22 heavy (non-hydrogen) atoms. The maximum atomic E-state index is 11.8. The molecule has 0 bridgehead atoms. The Balaban J connectivity index is 1.82. The van der Waals surface area contributed by atoms with E-state index in [1.165, 1.54) is 0 Å². The van der Waals surface area contributed by atoms with Crippen molar-refractivity contribution in [2.75, 3.05) is 17.8 Å². The Labute approximate surface area is 138 Å². The second-order valence-electron chi connectivity index (χ2n) is 4.44. The van der Waals surface area contributed by atoms with E-state index < -0.39 is 12.2 Å². The molecule has 0 saturated heterocycles. The van der Waals surface area contributed by atoms with E-state index in [0.717, 1.165) is 0 Å². The Morgan fingerprint density at radius 2 is 1.91 bits per heavy atom. The third kappa shape index (κ3) is 5.47. The first kappa shape index (κ1) is 16.5. The van der Waals surface area contributed by atoms with Gasteiger partial charge in [-0.25, -0.2) is 4.79 Å². The lowest BCUT2D eigenvalue weighted by Gasteiger charge is -2.16. The Kier molecular flexibility index (Phi) is 6.37. The molecule has 1 N–H and O–H groups in total. The average Bonchev–Trinajstić information content (AvgIpc) is 2.52. The number of hydrogen-bond acceptors (Lipinski definition) is 3. The lowest BCUT2D eigenvalue weighted by Crippen LogP contribution is -2.29. The first-order valence-corrected chi connectivity index (χ1v) is 7.55. The van der Waals surface area contributed by atoms with Crippen LogP contribution in [0.25, 0.3) is 0 Å². The van der Waals surface area contributed by atoms with E-state index in [4.69, 9.17) is 32.7 Å². The number of halogens is 2. The molecule has 0 aliphatic carbocycles. The second-order valence-corrected chi connectivity index (χ2v) is 5.19. The van der Waals surface area contributed by atoms with Gasteiger partial charge in [-0.15, -0.1) is 11.6 Å². The highest BCUT2D eigenvalue weighted by atomic mass is 35.5. The van der Waals surface area contributed by atoms with Crippen LogP contribution in [-0.4, -0.2) is 24.7 Å². The van der Waals surface area contributed by atoms with Crippen LogP contribution in [0.1, 0.15) is 0 Å². The van der Waals surface area contributed by atoms with E-state index in [1.807, 2.05) is 18.2 Å². The fraction of sp³-hybridized carbons (Fsp3) is 0.188. The average molecular weight is 340 g/mol. The molecule has 2 rings (SSSR count). The molecule has 0 aliphatic rings. The predicted octanol–water partition coefficient (Wildman–Crippen LogP) is 4.57. The number of alkyl halides is 1. The molecule has 6 heteroatoms. The number of ether oxygens (including phenoxy) is 2. The maximum Gasteiger partial charge on any atom is 0.412 e. The van der Waals surface area contributed by atoms with Gasteiger partial charge in [-0.3, -0.25) is 5.32 Å². The van der Waals surface area contributed by atoms with Gasteiger partial charge in [0.25, 0.3) is 0 Å². The summed E-state index contributed by atoms with van der Waals surface area (Å²) < 4.78 is 10.7. The third-order valence-electron chi connectivity index (χ3n) is 2.70. The molecular formula is C16H15Cl2NO3. The van der Waals surface area contributed by atoms with Gasteiger partial charge in [-0.1, -0.05) is 35.9 Å². The van der Waals surface area contributed by atoms with E-state index in [0.29, 0.717) is 16.5 Å². The highest BCUT2D eigenvalue weighted by Gasteiger charge is 2.14. The second kappa shape index (κ2) is 8.51. The molecule has 1 atom stereocenters. The summed E-state index contributed by atoms with van der Waals surface area (Å²) >= 11 is 11.7. The predicted molar refractivity (Wildman–Crippen MR) is 88.0 cm³/mol. The number of carbonyl (C=O) groups excluding carboxylic acids is 1. The molecule has 0 fully saturated rings. The van der Waals surface area contributed by atoms with E-state index >= 15 is 0 Å². The van der Waals surface area contributed by atoms with Crippen LogP contribution < -0.4 is 10.1 Å². The number of benzene rings is 2. The van der Waals surface area contributed by atoms with E-state index in [9.17, 15) is 4.79 Å². The van der Waals surface area contributed by atoms with E-state index in [-0.39, 0.29) is 12.5 Å². The minimum atomic E-state index is -0.577. The molecule has 116 valence electrons. The van der Waals surface area contributed by atoms with Crippen LogP contribution in [-0.2, 0) is 4.74 Å². The van der Waals surface area contributed by atoms with E-state index in [2.05, 4.69) is 5.32 Å². The fourth-order valence-corrected chi connectivity index (χ4v) is 2.01. The van der Waals surface area contributed by atoms with Crippen molar-refractivity contribution in [2.45, 2.75) is 6.10 Å². The molecule has 0 heterocycles. The Bertz CT molecular complexity index is 607. The van der Waals surface area contributed by atoms with Crippen LogP contribution in [0.15, 0.2) is 54.6 Å². The first-order valence-electron chi connectivity index (χ1n) is 6.64. The zero-order valence-corrected chi connectivity index (χ0v) is 13.2. The number of hydrogen-bond donors (Lipinski definition) is 1. The zero-order chi connectivity index (χ0) is 15.8. The van der Waals surface area contributed by atoms with Gasteiger partial charge in [-0.05, 0) is 30.3 Å². The van der Waals surface area contributed by atoms with Gasteiger partial charge in [0.15, 0.2) is 6.10 Å². The van der Waals surface area contributed by atoms with Crippen molar-refractivity contribution in [2.24, 2.45) is 0 Å². The Hall–Kier alpha value is -1.91. The molecule has 2 aromatic rings. The van der Waals surface area contributed by atoms with Crippen LogP contribution in [0.5, 0.6) is 5.75 Å². The zero-order valence-electron chi connectivity index (χ0n) is 11.7. The van der Waals surface area contributed by atoms with Crippen molar-refractivity contribution >= 4 is 35.0 Å². The molecule has 1 amide bonds. The molecule has 2 aromatic carbocycles. The summed E-state index contributed by atoms with van der Waals surface area (Å²) in [6, 6.07) is 16.0. The van der Waals surface area contributed by atoms with Gasteiger partial charge < -0.3 is 9.47 Å². The van der Waals surface area contributed by atoms with Crippen molar-refractivity contribution in [1.82, 2.24) is 0 Å². The molecular weight excluding hydrogens is 325 g/mol. The van der Waals surface area contributed by atoms with Gasteiger partial charge >= 0.3 is 6.09 Å². The lowest BCUT2D eigenvalue weighted by molar-refractivity contribution is 0.0875. The topological polar surface area (TPSA) is 47.6 Å². The molecule has 0 aromatic heterocycles. The SMILES string of the molecule is O=C(Nc1ccccc1)OC(CCl)COc1cccc(Cl)c1. The first-order chi connectivity index (χ1) is 10.7. The summed E-state index contributed by atoms with van der Waals surface area (Å²) in [5, 5.41) is 3.19. The molecule has 1 unspecified atom stereocenters. The smallest absolute Gasteiger partial charge is 0.412 e. The maximum absolute atomic E-state index is 11.8.